The molecule has 0 N–H and O–H groups in total. The molecule has 0 radical (unpaired) electrons. The van der Waals surface area contributed by atoms with Crippen molar-refractivity contribution in [1.29, 1.82) is 0 Å². The van der Waals surface area contributed by atoms with Crippen LogP contribution in [0, 0.1) is 5.82 Å². The first-order chi connectivity index (χ1) is 9.22. The highest BCUT2D eigenvalue weighted by Gasteiger charge is 2.46. The minimum Gasteiger partial charge on any atom is -0.377 e. The van der Waals surface area contributed by atoms with E-state index in [0.29, 0.717) is 18.9 Å². The Hall–Kier alpha value is -1.13. The van der Waals surface area contributed by atoms with Crippen LogP contribution in [-0.4, -0.2) is 31.9 Å². The Morgan fingerprint density at radius 1 is 1.37 bits per heavy atom. The van der Waals surface area contributed by atoms with Crippen LogP contribution in [0.5, 0.6) is 0 Å². The molecule has 2 aliphatic rings. The van der Waals surface area contributed by atoms with Crippen molar-refractivity contribution in [3.63, 3.8) is 0 Å². The number of hydrogen-bond acceptors (Lipinski definition) is 3. The molecule has 0 aliphatic carbocycles. The molecule has 1 spiro atoms. The summed E-state index contributed by atoms with van der Waals surface area (Å²) >= 11 is 0. The normalized spacial score (nSPS) is 20.8. The highest BCUT2D eigenvalue weighted by Crippen LogP contribution is 2.39. The second-order valence-electron chi connectivity index (χ2n) is 5.38. The Balaban J connectivity index is 1.67. The molecule has 1 aromatic rings. The third-order valence-electron chi connectivity index (χ3n) is 4.05. The van der Waals surface area contributed by atoms with Gasteiger partial charge in [-0.2, -0.15) is 0 Å². The van der Waals surface area contributed by atoms with E-state index in [1.165, 1.54) is 0 Å². The highest BCUT2D eigenvalue weighted by molar-refractivity contribution is 5.49. The van der Waals surface area contributed by atoms with Gasteiger partial charge >= 0.3 is 0 Å². The Labute approximate surface area is 113 Å². The van der Waals surface area contributed by atoms with Crippen LogP contribution in [0.25, 0.3) is 0 Å². The zero-order valence-corrected chi connectivity index (χ0v) is 11.3. The van der Waals surface area contributed by atoms with Gasteiger partial charge in [0, 0.05) is 19.7 Å². The van der Waals surface area contributed by atoms with Gasteiger partial charge in [0.2, 0.25) is 0 Å². The summed E-state index contributed by atoms with van der Waals surface area (Å²) in [5.41, 5.74) is 1.74. The van der Waals surface area contributed by atoms with E-state index in [4.69, 9.17) is 9.47 Å². The largest absolute Gasteiger partial charge is 0.377 e. The van der Waals surface area contributed by atoms with Crippen LogP contribution < -0.4 is 4.90 Å². The maximum Gasteiger partial charge on any atom is 0.146 e. The molecule has 3 nitrogen and oxygen atoms in total. The van der Waals surface area contributed by atoms with Gasteiger partial charge in [-0.3, -0.25) is 0 Å². The molecule has 19 heavy (non-hydrogen) atoms. The van der Waals surface area contributed by atoms with E-state index >= 15 is 0 Å². The Kier molecular flexibility index (Phi) is 3.46. The molecule has 2 aliphatic heterocycles. The van der Waals surface area contributed by atoms with E-state index in [0.717, 1.165) is 38.1 Å². The fraction of sp³-hybridized carbons (Fsp3) is 0.600. The van der Waals surface area contributed by atoms with Crippen molar-refractivity contribution in [1.82, 2.24) is 0 Å². The van der Waals surface area contributed by atoms with E-state index in [2.05, 4.69) is 4.90 Å². The van der Waals surface area contributed by atoms with Crippen LogP contribution in [0.4, 0.5) is 10.1 Å². The van der Waals surface area contributed by atoms with Gasteiger partial charge in [-0.1, -0.05) is 6.07 Å². The summed E-state index contributed by atoms with van der Waals surface area (Å²) in [6.07, 6.45) is 2.01. The molecule has 0 aromatic heterocycles. The van der Waals surface area contributed by atoms with E-state index in [1.807, 2.05) is 19.1 Å². The Bertz CT molecular complexity index is 449. The van der Waals surface area contributed by atoms with E-state index < -0.39 is 0 Å². The van der Waals surface area contributed by atoms with Crippen LogP contribution in [0.2, 0.25) is 0 Å². The molecule has 0 unspecified atom stereocenters. The predicted octanol–water partition coefficient (Wildman–Crippen LogP) is 2.73. The van der Waals surface area contributed by atoms with Gasteiger partial charge < -0.3 is 14.4 Å². The number of rotatable bonds is 4. The predicted molar refractivity (Wildman–Crippen MR) is 71.9 cm³/mol. The first kappa shape index (κ1) is 12.9. The van der Waals surface area contributed by atoms with Crippen LogP contribution in [0.3, 0.4) is 0 Å². The lowest BCUT2D eigenvalue weighted by atomic mass is 9.97. The zero-order valence-electron chi connectivity index (χ0n) is 11.3. The topological polar surface area (TPSA) is 25.0 Å². The fourth-order valence-corrected chi connectivity index (χ4v) is 2.66. The van der Waals surface area contributed by atoms with Crippen molar-refractivity contribution in [2.45, 2.75) is 32.0 Å². The molecule has 2 saturated heterocycles. The smallest absolute Gasteiger partial charge is 0.146 e. The number of epoxide rings is 1. The van der Waals surface area contributed by atoms with Crippen LogP contribution in [-0.2, 0) is 16.1 Å². The summed E-state index contributed by atoms with van der Waals surface area (Å²) in [4.78, 5) is 2.12. The monoisotopic (exact) mass is 265 g/mol. The molecule has 2 fully saturated rings. The van der Waals surface area contributed by atoms with Gasteiger partial charge in [-0.15, -0.1) is 0 Å². The van der Waals surface area contributed by atoms with Crippen molar-refractivity contribution < 1.29 is 13.9 Å². The minimum absolute atomic E-state index is 0.141. The maximum atomic E-state index is 14.1. The van der Waals surface area contributed by atoms with E-state index in [9.17, 15) is 4.39 Å². The average molecular weight is 265 g/mol. The van der Waals surface area contributed by atoms with Gasteiger partial charge in [-0.25, -0.2) is 4.39 Å². The lowest BCUT2D eigenvalue weighted by molar-refractivity contribution is 0.134. The molecule has 104 valence electrons. The van der Waals surface area contributed by atoms with E-state index in [-0.39, 0.29) is 11.4 Å². The van der Waals surface area contributed by atoms with Gasteiger partial charge in [-0.05, 0) is 37.5 Å². The van der Waals surface area contributed by atoms with Crippen LogP contribution >= 0.6 is 0 Å². The molecular weight excluding hydrogens is 245 g/mol. The molecule has 1 aromatic carbocycles. The zero-order chi connectivity index (χ0) is 13.3. The van der Waals surface area contributed by atoms with Crippen molar-refractivity contribution >= 4 is 5.69 Å². The molecule has 0 amide bonds. The van der Waals surface area contributed by atoms with Crippen molar-refractivity contribution in [3.8, 4) is 0 Å². The molecule has 0 bridgehead atoms. The lowest BCUT2D eigenvalue weighted by Crippen LogP contribution is -2.38. The number of benzene rings is 1. The summed E-state index contributed by atoms with van der Waals surface area (Å²) in [5.74, 6) is -0.148. The second kappa shape index (κ2) is 5.10. The van der Waals surface area contributed by atoms with Crippen molar-refractivity contribution in [3.05, 3.63) is 29.6 Å². The number of piperidine rings is 1. The van der Waals surface area contributed by atoms with Crippen LogP contribution in [0.1, 0.15) is 25.3 Å². The first-order valence-corrected chi connectivity index (χ1v) is 6.97. The van der Waals surface area contributed by atoms with Gasteiger partial charge in [0.15, 0.2) is 0 Å². The van der Waals surface area contributed by atoms with Crippen molar-refractivity contribution in [2.75, 3.05) is 31.2 Å². The number of nitrogens with zero attached hydrogens (tertiary/aromatic N) is 1. The molecule has 4 heteroatoms. The van der Waals surface area contributed by atoms with Crippen molar-refractivity contribution in [2.24, 2.45) is 0 Å². The third-order valence-corrected chi connectivity index (χ3v) is 4.05. The summed E-state index contributed by atoms with van der Waals surface area (Å²) in [6.45, 7) is 5.70. The maximum absolute atomic E-state index is 14.1. The van der Waals surface area contributed by atoms with Crippen LogP contribution in [0.15, 0.2) is 18.2 Å². The van der Waals surface area contributed by atoms with E-state index in [1.54, 1.807) is 6.07 Å². The number of ether oxygens (including phenoxy) is 2. The summed E-state index contributed by atoms with van der Waals surface area (Å²) in [7, 11) is 0. The number of halogens is 1. The SMILES string of the molecule is CCOCc1ccc(N2CCC3(CC2)CO3)c(F)c1. The highest BCUT2D eigenvalue weighted by atomic mass is 19.1. The molecular formula is C15H20FNO2. The average Bonchev–Trinajstić information content (AvgIpc) is 3.18. The minimum atomic E-state index is -0.148. The van der Waals surface area contributed by atoms with Gasteiger partial charge in [0.25, 0.3) is 0 Å². The quantitative estimate of drug-likeness (QED) is 0.783. The van der Waals surface area contributed by atoms with Gasteiger partial charge in [0.1, 0.15) is 5.82 Å². The fourth-order valence-electron chi connectivity index (χ4n) is 2.66. The Morgan fingerprint density at radius 2 is 2.11 bits per heavy atom. The molecule has 3 rings (SSSR count). The molecule has 0 atom stereocenters. The first-order valence-electron chi connectivity index (χ1n) is 6.97. The Morgan fingerprint density at radius 3 is 2.68 bits per heavy atom. The summed E-state index contributed by atoms with van der Waals surface area (Å²) in [6, 6.07) is 5.41. The molecule has 2 heterocycles. The standard InChI is InChI=1S/C15H20FNO2/c1-2-18-10-12-3-4-14(13(16)9-12)17-7-5-15(6-8-17)11-19-15/h3-4,9H,2,5-8,10-11H2,1H3. The second-order valence-corrected chi connectivity index (χ2v) is 5.38. The lowest BCUT2D eigenvalue weighted by Gasteiger charge is -2.32. The summed E-state index contributed by atoms with van der Waals surface area (Å²) in [5, 5.41) is 0. The third kappa shape index (κ3) is 2.74. The molecule has 0 saturated carbocycles. The number of anilines is 1. The van der Waals surface area contributed by atoms with Gasteiger partial charge in [0.05, 0.1) is 24.5 Å². The summed E-state index contributed by atoms with van der Waals surface area (Å²) < 4.78 is 24.9. The number of hydrogen-bond donors (Lipinski definition) is 0.